The number of hydrogen-bond acceptors (Lipinski definition) is 4. The van der Waals surface area contributed by atoms with Crippen LogP contribution in [0, 0.1) is 18.3 Å². The van der Waals surface area contributed by atoms with E-state index in [1.54, 1.807) is 6.07 Å². The van der Waals surface area contributed by atoms with Crippen molar-refractivity contribution in [1.29, 1.82) is 0 Å². The summed E-state index contributed by atoms with van der Waals surface area (Å²) in [5, 5.41) is 9.63. The first kappa shape index (κ1) is 12.6. The molecular weight excluding hydrogens is 244 g/mol. The summed E-state index contributed by atoms with van der Waals surface area (Å²) in [6.45, 7) is 6.56. The number of aromatic amines is 1. The number of aryl methyl sites for hydroxylation is 1. The molecule has 104 valence electrons. The summed E-state index contributed by atoms with van der Waals surface area (Å²) >= 11 is 0. The van der Waals surface area contributed by atoms with Crippen molar-refractivity contribution < 1.29 is 9.53 Å². The lowest BCUT2D eigenvalue weighted by molar-refractivity contribution is -0.170. The summed E-state index contributed by atoms with van der Waals surface area (Å²) < 4.78 is 5.69. The van der Waals surface area contributed by atoms with Crippen LogP contribution in [0.25, 0.3) is 0 Å². The van der Waals surface area contributed by atoms with Crippen LogP contribution in [0.4, 0.5) is 5.82 Å². The Bertz CT molecular complexity index is 524. The molecule has 2 aliphatic rings. The molecule has 6 heteroatoms. The number of H-pyrrole nitrogens is 1. The Morgan fingerprint density at radius 1 is 1.63 bits per heavy atom. The van der Waals surface area contributed by atoms with Crippen molar-refractivity contribution in [2.75, 3.05) is 11.9 Å². The van der Waals surface area contributed by atoms with Crippen LogP contribution in [-0.4, -0.2) is 34.4 Å². The van der Waals surface area contributed by atoms with E-state index in [9.17, 15) is 4.79 Å². The van der Waals surface area contributed by atoms with Gasteiger partial charge in [0.1, 0.15) is 5.54 Å². The monoisotopic (exact) mass is 264 g/mol. The number of hydrogen-bond donors (Lipinski definition) is 3. The Hall–Kier alpha value is -1.40. The molecule has 2 fully saturated rings. The van der Waals surface area contributed by atoms with Crippen LogP contribution in [-0.2, 0) is 9.53 Å². The number of nitrogens with zero attached hydrogens (tertiary/aromatic N) is 1. The Morgan fingerprint density at radius 3 is 3.00 bits per heavy atom. The Balaban J connectivity index is 1.82. The van der Waals surface area contributed by atoms with Crippen LogP contribution in [0.1, 0.15) is 26.0 Å². The second-order valence-corrected chi connectivity index (χ2v) is 6.17. The topological polar surface area (TPSA) is 93.0 Å². The minimum atomic E-state index is -0.888. The van der Waals surface area contributed by atoms with Gasteiger partial charge in [-0.1, -0.05) is 13.8 Å². The van der Waals surface area contributed by atoms with Crippen molar-refractivity contribution in [3.05, 3.63) is 11.8 Å². The van der Waals surface area contributed by atoms with Gasteiger partial charge in [0.05, 0.1) is 6.10 Å². The summed E-state index contributed by atoms with van der Waals surface area (Å²) in [5.41, 5.74) is 6.09. The molecule has 1 aromatic heterocycles. The molecule has 0 bridgehead atoms. The Kier molecular flexibility index (Phi) is 2.53. The molecule has 1 saturated carbocycles. The van der Waals surface area contributed by atoms with Gasteiger partial charge in [0.15, 0.2) is 5.82 Å². The van der Waals surface area contributed by atoms with Gasteiger partial charge in [0.25, 0.3) is 0 Å². The van der Waals surface area contributed by atoms with Crippen LogP contribution in [0.5, 0.6) is 0 Å². The molecular formula is C13H20N4O2. The van der Waals surface area contributed by atoms with E-state index in [1.807, 2.05) is 20.8 Å². The third-order valence-corrected chi connectivity index (χ3v) is 4.78. The van der Waals surface area contributed by atoms with Crippen molar-refractivity contribution in [2.24, 2.45) is 17.1 Å². The van der Waals surface area contributed by atoms with Gasteiger partial charge in [-0.25, -0.2) is 0 Å². The summed E-state index contributed by atoms with van der Waals surface area (Å²) in [7, 11) is 0. The maximum atomic E-state index is 12.5. The van der Waals surface area contributed by atoms with E-state index in [0.717, 1.165) is 12.1 Å². The first-order chi connectivity index (χ1) is 8.87. The minimum Gasteiger partial charge on any atom is -0.377 e. The predicted octanol–water partition coefficient (Wildman–Crippen LogP) is 0.799. The van der Waals surface area contributed by atoms with Gasteiger partial charge >= 0.3 is 0 Å². The molecule has 2 heterocycles. The van der Waals surface area contributed by atoms with Gasteiger partial charge in [-0.2, -0.15) is 5.10 Å². The largest absolute Gasteiger partial charge is 0.377 e. The number of carbonyl (C=O) groups excluding carboxylic acids is 1. The highest BCUT2D eigenvalue weighted by molar-refractivity contribution is 5.99. The highest BCUT2D eigenvalue weighted by Crippen LogP contribution is 2.58. The maximum absolute atomic E-state index is 12.5. The number of aromatic nitrogens is 2. The van der Waals surface area contributed by atoms with Gasteiger partial charge in [-0.3, -0.25) is 9.89 Å². The molecule has 1 aromatic rings. The molecule has 3 unspecified atom stereocenters. The highest BCUT2D eigenvalue weighted by atomic mass is 16.5. The molecule has 1 saturated heterocycles. The van der Waals surface area contributed by atoms with E-state index >= 15 is 0 Å². The van der Waals surface area contributed by atoms with Gasteiger partial charge in [-0.05, 0) is 13.3 Å². The minimum absolute atomic E-state index is 0.0872. The molecule has 1 amide bonds. The summed E-state index contributed by atoms with van der Waals surface area (Å²) in [4.78, 5) is 12.5. The zero-order valence-corrected chi connectivity index (χ0v) is 11.5. The third-order valence-electron chi connectivity index (χ3n) is 4.78. The number of fused-ring (bicyclic) bond motifs is 1. The second kappa shape index (κ2) is 3.80. The van der Waals surface area contributed by atoms with Gasteiger partial charge in [0.2, 0.25) is 5.91 Å². The van der Waals surface area contributed by atoms with Crippen LogP contribution in [0.2, 0.25) is 0 Å². The number of carbonyl (C=O) groups is 1. The van der Waals surface area contributed by atoms with Crippen molar-refractivity contribution in [1.82, 2.24) is 10.2 Å². The highest BCUT2D eigenvalue weighted by Gasteiger charge is 2.71. The lowest BCUT2D eigenvalue weighted by atomic mass is 9.48. The van der Waals surface area contributed by atoms with E-state index in [0.29, 0.717) is 12.4 Å². The number of rotatable bonds is 2. The number of ether oxygens (including phenoxy) is 1. The van der Waals surface area contributed by atoms with Crippen LogP contribution in [0.3, 0.4) is 0 Å². The smallest absolute Gasteiger partial charge is 0.246 e. The molecule has 1 aliphatic carbocycles. The number of anilines is 1. The molecule has 3 rings (SSSR count). The molecule has 4 N–H and O–H groups in total. The number of amides is 1. The zero-order valence-electron chi connectivity index (χ0n) is 11.5. The van der Waals surface area contributed by atoms with Gasteiger partial charge < -0.3 is 15.8 Å². The van der Waals surface area contributed by atoms with Crippen molar-refractivity contribution in [3.8, 4) is 0 Å². The molecule has 6 nitrogen and oxygen atoms in total. The van der Waals surface area contributed by atoms with Crippen LogP contribution >= 0.6 is 0 Å². The SMILES string of the molecule is Cc1cc(NC(=O)C2(N)C3CCOC3C2(C)C)n[nH]1. The van der Waals surface area contributed by atoms with Crippen LogP contribution < -0.4 is 11.1 Å². The average Bonchev–Trinajstić information content (AvgIpc) is 2.96. The summed E-state index contributed by atoms with van der Waals surface area (Å²) in [5.74, 6) is 0.448. The standard InChI is InChI=1S/C13H20N4O2/c1-7-6-9(17-16-7)15-11(18)13(14)8-4-5-19-10(8)12(13,2)3/h6,8,10H,4-5,14H2,1-3H3,(H2,15,16,17,18). The van der Waals surface area contributed by atoms with E-state index in [4.69, 9.17) is 10.5 Å². The second-order valence-electron chi connectivity index (χ2n) is 6.17. The van der Waals surface area contributed by atoms with Crippen molar-refractivity contribution >= 4 is 11.7 Å². The first-order valence-corrected chi connectivity index (χ1v) is 6.61. The van der Waals surface area contributed by atoms with E-state index < -0.39 is 5.54 Å². The number of nitrogens with one attached hydrogen (secondary N) is 2. The molecule has 3 atom stereocenters. The number of nitrogens with two attached hydrogens (primary N) is 1. The van der Waals surface area contributed by atoms with Crippen molar-refractivity contribution in [2.45, 2.75) is 38.8 Å². The van der Waals surface area contributed by atoms with Gasteiger partial charge in [0, 0.05) is 29.7 Å². The fourth-order valence-corrected chi connectivity index (χ4v) is 3.55. The maximum Gasteiger partial charge on any atom is 0.246 e. The fraction of sp³-hybridized carbons (Fsp3) is 0.692. The lowest BCUT2D eigenvalue weighted by Crippen LogP contribution is -2.79. The predicted molar refractivity (Wildman–Crippen MR) is 70.5 cm³/mol. The summed E-state index contributed by atoms with van der Waals surface area (Å²) in [6.07, 6.45) is 0.932. The third kappa shape index (κ3) is 1.50. The molecule has 0 spiro atoms. The molecule has 0 aromatic carbocycles. The average molecular weight is 264 g/mol. The summed E-state index contributed by atoms with van der Waals surface area (Å²) in [6, 6.07) is 1.79. The molecule has 1 aliphatic heterocycles. The lowest BCUT2D eigenvalue weighted by Gasteiger charge is -2.60. The normalized spacial score (nSPS) is 35.6. The van der Waals surface area contributed by atoms with Crippen LogP contribution in [0.15, 0.2) is 6.07 Å². The quantitative estimate of drug-likeness (QED) is 0.736. The fourth-order valence-electron chi connectivity index (χ4n) is 3.55. The Labute approximate surface area is 112 Å². The van der Waals surface area contributed by atoms with E-state index in [2.05, 4.69) is 15.5 Å². The molecule has 0 radical (unpaired) electrons. The molecule has 19 heavy (non-hydrogen) atoms. The van der Waals surface area contributed by atoms with E-state index in [-0.39, 0.29) is 23.3 Å². The van der Waals surface area contributed by atoms with E-state index in [1.165, 1.54) is 0 Å². The first-order valence-electron chi connectivity index (χ1n) is 6.61. The van der Waals surface area contributed by atoms with Gasteiger partial charge in [-0.15, -0.1) is 0 Å². The Morgan fingerprint density at radius 2 is 2.37 bits per heavy atom. The zero-order chi connectivity index (χ0) is 13.8. The van der Waals surface area contributed by atoms with Crippen molar-refractivity contribution in [3.63, 3.8) is 0 Å².